The molecular formula is C14H15ClF6N2O. The minimum Gasteiger partial charge on any atom is -0.320 e. The highest BCUT2D eigenvalue weighted by atomic mass is 35.5. The number of rotatable bonds is 3. The molecule has 1 aliphatic rings. The summed E-state index contributed by atoms with van der Waals surface area (Å²) in [5, 5.41) is 0. The fourth-order valence-electron chi connectivity index (χ4n) is 2.87. The SMILES string of the molecule is C[C@@H]1[C@H](c2c(F)ccc(F)c2F)C[C@H](N)C(=O)N1C(F)C(F)F.Cl. The Labute approximate surface area is 140 Å². The summed E-state index contributed by atoms with van der Waals surface area (Å²) in [4.78, 5) is 12.0. The molecule has 2 N–H and O–H groups in total. The number of likely N-dealkylation sites (tertiary alicyclic amines) is 1. The van der Waals surface area contributed by atoms with Crippen molar-refractivity contribution in [2.75, 3.05) is 0 Å². The number of halogens is 7. The summed E-state index contributed by atoms with van der Waals surface area (Å²) in [6, 6.07) is -1.50. The van der Waals surface area contributed by atoms with Gasteiger partial charge in [-0.3, -0.25) is 4.79 Å². The maximum Gasteiger partial charge on any atom is 0.287 e. The molecule has 0 spiro atoms. The molecule has 4 atom stereocenters. The molecule has 0 aliphatic carbocycles. The van der Waals surface area contributed by atoms with Gasteiger partial charge in [0, 0.05) is 17.5 Å². The van der Waals surface area contributed by atoms with Crippen LogP contribution in [0.4, 0.5) is 26.3 Å². The molecule has 1 aromatic carbocycles. The molecule has 0 saturated carbocycles. The second kappa shape index (κ2) is 7.60. The number of hydrogen-bond donors (Lipinski definition) is 1. The number of carbonyl (C=O) groups excluding carboxylic acids is 1. The van der Waals surface area contributed by atoms with Crippen LogP contribution in [0, 0.1) is 17.5 Å². The molecule has 10 heteroatoms. The van der Waals surface area contributed by atoms with Crippen molar-refractivity contribution in [1.29, 1.82) is 0 Å². The first-order valence-corrected chi connectivity index (χ1v) is 6.80. The number of hydrogen-bond acceptors (Lipinski definition) is 2. The van der Waals surface area contributed by atoms with Crippen molar-refractivity contribution in [3.63, 3.8) is 0 Å². The number of benzene rings is 1. The number of nitrogens with zero attached hydrogens (tertiary/aromatic N) is 1. The van der Waals surface area contributed by atoms with Crippen LogP contribution < -0.4 is 5.73 Å². The van der Waals surface area contributed by atoms with Gasteiger partial charge < -0.3 is 10.6 Å². The fourth-order valence-corrected chi connectivity index (χ4v) is 2.87. The lowest BCUT2D eigenvalue weighted by atomic mass is 9.81. The third kappa shape index (κ3) is 3.46. The van der Waals surface area contributed by atoms with E-state index in [1.807, 2.05) is 0 Å². The third-order valence-electron chi connectivity index (χ3n) is 4.02. The van der Waals surface area contributed by atoms with Crippen LogP contribution in [0.5, 0.6) is 0 Å². The Balaban J connectivity index is 0.00000288. The van der Waals surface area contributed by atoms with Crippen molar-refractivity contribution in [3.05, 3.63) is 35.1 Å². The van der Waals surface area contributed by atoms with Crippen LogP contribution in [-0.2, 0) is 4.79 Å². The molecular weight excluding hydrogens is 362 g/mol. The predicted molar refractivity (Wildman–Crippen MR) is 76.1 cm³/mol. The fraction of sp³-hybridized carbons (Fsp3) is 0.500. The molecule has 0 bridgehead atoms. The molecule has 1 aliphatic heterocycles. The zero-order valence-electron chi connectivity index (χ0n) is 12.4. The van der Waals surface area contributed by atoms with E-state index in [0.717, 1.165) is 6.92 Å². The van der Waals surface area contributed by atoms with Gasteiger partial charge in [-0.05, 0) is 25.5 Å². The van der Waals surface area contributed by atoms with Gasteiger partial charge in [0.1, 0.15) is 5.82 Å². The summed E-state index contributed by atoms with van der Waals surface area (Å²) in [5.74, 6) is -6.30. The van der Waals surface area contributed by atoms with E-state index in [0.29, 0.717) is 12.1 Å². The van der Waals surface area contributed by atoms with Gasteiger partial charge in [0.15, 0.2) is 11.6 Å². The molecule has 0 radical (unpaired) electrons. The number of piperidine rings is 1. The first kappa shape index (κ1) is 20.6. The maximum absolute atomic E-state index is 13.9. The van der Waals surface area contributed by atoms with Crippen LogP contribution in [0.3, 0.4) is 0 Å². The lowest BCUT2D eigenvalue weighted by Crippen LogP contribution is -2.59. The summed E-state index contributed by atoms with van der Waals surface area (Å²) >= 11 is 0. The highest BCUT2D eigenvalue weighted by Crippen LogP contribution is 2.38. The largest absolute Gasteiger partial charge is 0.320 e. The van der Waals surface area contributed by atoms with Gasteiger partial charge in [-0.15, -0.1) is 12.4 Å². The lowest BCUT2D eigenvalue weighted by Gasteiger charge is -2.43. The van der Waals surface area contributed by atoms with Crippen molar-refractivity contribution >= 4 is 18.3 Å². The molecule has 136 valence electrons. The van der Waals surface area contributed by atoms with Crippen molar-refractivity contribution in [2.45, 2.75) is 44.1 Å². The molecule has 1 heterocycles. The van der Waals surface area contributed by atoms with E-state index in [9.17, 15) is 31.1 Å². The summed E-state index contributed by atoms with van der Waals surface area (Å²) in [5.41, 5.74) is 4.76. The second-order valence-corrected chi connectivity index (χ2v) is 5.40. The molecule has 24 heavy (non-hydrogen) atoms. The van der Waals surface area contributed by atoms with E-state index < -0.39 is 59.6 Å². The van der Waals surface area contributed by atoms with Gasteiger partial charge in [-0.25, -0.2) is 26.3 Å². The van der Waals surface area contributed by atoms with Gasteiger partial charge in [0.2, 0.25) is 12.2 Å². The second-order valence-electron chi connectivity index (χ2n) is 5.40. The van der Waals surface area contributed by atoms with Crippen molar-refractivity contribution in [2.24, 2.45) is 5.73 Å². The summed E-state index contributed by atoms with van der Waals surface area (Å²) in [6.45, 7) is 1.16. The molecule has 1 unspecified atom stereocenters. The maximum atomic E-state index is 13.9. The average molecular weight is 377 g/mol. The topological polar surface area (TPSA) is 46.3 Å². The molecule has 1 amide bonds. The van der Waals surface area contributed by atoms with Crippen LogP contribution in [0.25, 0.3) is 0 Å². The summed E-state index contributed by atoms with van der Waals surface area (Å²) in [6.07, 6.45) is -6.79. The van der Waals surface area contributed by atoms with E-state index in [2.05, 4.69) is 0 Å². The normalized spacial score (nSPS) is 25.6. The first-order chi connectivity index (χ1) is 10.7. The minimum absolute atomic E-state index is 0. The third-order valence-corrected chi connectivity index (χ3v) is 4.02. The Morgan fingerprint density at radius 2 is 1.71 bits per heavy atom. The van der Waals surface area contributed by atoms with Crippen LogP contribution in [0.2, 0.25) is 0 Å². The molecule has 2 rings (SSSR count). The predicted octanol–water partition coefficient (Wildman–Crippen LogP) is 3.12. The van der Waals surface area contributed by atoms with E-state index in [4.69, 9.17) is 5.73 Å². The minimum atomic E-state index is -3.51. The van der Waals surface area contributed by atoms with E-state index >= 15 is 0 Å². The van der Waals surface area contributed by atoms with Gasteiger partial charge in [-0.2, -0.15) is 0 Å². The van der Waals surface area contributed by atoms with Crippen molar-refractivity contribution in [1.82, 2.24) is 4.90 Å². The van der Waals surface area contributed by atoms with Crippen LogP contribution in [0.15, 0.2) is 12.1 Å². The Morgan fingerprint density at radius 1 is 1.17 bits per heavy atom. The van der Waals surface area contributed by atoms with Gasteiger partial charge in [0.05, 0.1) is 6.04 Å². The van der Waals surface area contributed by atoms with Gasteiger partial charge in [-0.1, -0.05) is 0 Å². The first-order valence-electron chi connectivity index (χ1n) is 6.80. The van der Waals surface area contributed by atoms with Crippen molar-refractivity contribution in [3.8, 4) is 0 Å². The van der Waals surface area contributed by atoms with Crippen molar-refractivity contribution < 1.29 is 31.1 Å². The zero-order chi connectivity index (χ0) is 17.5. The smallest absolute Gasteiger partial charge is 0.287 e. The monoisotopic (exact) mass is 376 g/mol. The summed E-state index contributed by atoms with van der Waals surface area (Å²) in [7, 11) is 0. The lowest BCUT2D eigenvalue weighted by molar-refractivity contribution is -0.156. The number of alkyl halides is 3. The van der Waals surface area contributed by atoms with Gasteiger partial charge >= 0.3 is 0 Å². The van der Waals surface area contributed by atoms with Crippen LogP contribution in [-0.4, -0.2) is 35.6 Å². The highest BCUT2D eigenvalue weighted by Gasteiger charge is 2.46. The zero-order valence-corrected chi connectivity index (χ0v) is 13.2. The van der Waals surface area contributed by atoms with E-state index in [1.54, 1.807) is 0 Å². The quantitative estimate of drug-likeness (QED) is 0.500. The van der Waals surface area contributed by atoms with Crippen LogP contribution in [0.1, 0.15) is 24.8 Å². The van der Waals surface area contributed by atoms with Gasteiger partial charge in [0.25, 0.3) is 6.43 Å². The molecule has 3 nitrogen and oxygen atoms in total. The Morgan fingerprint density at radius 3 is 2.25 bits per heavy atom. The molecule has 1 fully saturated rings. The highest BCUT2D eigenvalue weighted by molar-refractivity contribution is 5.85. The summed E-state index contributed by atoms with van der Waals surface area (Å²) < 4.78 is 80.1. The standard InChI is InChI=1S/C14H14F6N2O.ClH/c1-5-6(10-7(15)2-3-8(16)11(10)17)4-9(21)14(23)22(5)13(20)12(18)19;/h2-3,5-6,9,12-13H,4,21H2,1H3;1H/t5-,6-,9+,13?;/m1./s1. The van der Waals surface area contributed by atoms with E-state index in [-0.39, 0.29) is 23.7 Å². The average Bonchev–Trinajstić information content (AvgIpc) is 2.48. The number of nitrogens with two attached hydrogens (primary N) is 1. The number of carbonyl (C=O) groups is 1. The Hall–Kier alpha value is -1.48. The molecule has 1 aromatic rings. The molecule has 1 saturated heterocycles. The Bertz CT molecular complexity index is 617. The van der Waals surface area contributed by atoms with E-state index in [1.165, 1.54) is 0 Å². The molecule has 0 aromatic heterocycles. The van der Waals surface area contributed by atoms with Crippen LogP contribution >= 0.6 is 12.4 Å². The number of amides is 1. The Kier molecular flexibility index (Phi) is 6.52.